The van der Waals surface area contributed by atoms with Gasteiger partial charge in [0.05, 0.1) is 0 Å². The molecule has 0 saturated heterocycles. The largest absolute Gasteiger partial charge is 0.243 e. The van der Waals surface area contributed by atoms with Gasteiger partial charge in [0.2, 0.25) is 0 Å². The summed E-state index contributed by atoms with van der Waals surface area (Å²) in [6, 6.07) is 6.18. The summed E-state index contributed by atoms with van der Waals surface area (Å²) in [4.78, 5) is 0. The van der Waals surface area contributed by atoms with Crippen molar-refractivity contribution in [3.63, 3.8) is 0 Å². The van der Waals surface area contributed by atoms with E-state index in [4.69, 9.17) is 0 Å². The van der Waals surface area contributed by atoms with Crippen LogP contribution in [0, 0.1) is 0 Å². The van der Waals surface area contributed by atoms with Gasteiger partial charge in [-0.3, -0.25) is 0 Å². The van der Waals surface area contributed by atoms with Crippen molar-refractivity contribution >= 4 is 5.57 Å². The molecule has 21 heavy (non-hydrogen) atoms. The van der Waals surface area contributed by atoms with E-state index in [-0.39, 0.29) is 0 Å². The van der Waals surface area contributed by atoms with Crippen LogP contribution in [0.15, 0.2) is 47.6 Å². The molecule has 0 amide bonds. The summed E-state index contributed by atoms with van der Waals surface area (Å²) in [6.45, 7) is 7.95. The molecule has 0 N–H and O–H groups in total. The molecule has 0 nitrogen and oxygen atoms in total. The monoisotopic (exact) mass is 284 g/mol. The van der Waals surface area contributed by atoms with E-state index in [1.807, 2.05) is 6.07 Å². The van der Waals surface area contributed by atoms with Gasteiger partial charge < -0.3 is 0 Å². The Morgan fingerprint density at radius 1 is 1.29 bits per heavy atom. The van der Waals surface area contributed by atoms with E-state index >= 15 is 0 Å². The summed E-state index contributed by atoms with van der Waals surface area (Å²) < 4.78 is 14.0. The first kappa shape index (κ1) is 15.8. The lowest BCUT2D eigenvalue weighted by molar-refractivity contribution is 0.373. The fourth-order valence-corrected chi connectivity index (χ4v) is 2.82. The highest BCUT2D eigenvalue weighted by molar-refractivity contribution is 5.71. The number of benzene rings is 1. The minimum Gasteiger partial charge on any atom is -0.243 e. The molecule has 1 aromatic rings. The van der Waals surface area contributed by atoms with Crippen molar-refractivity contribution in [2.75, 3.05) is 0 Å². The van der Waals surface area contributed by atoms with Gasteiger partial charge in [-0.1, -0.05) is 43.4 Å². The Labute approximate surface area is 128 Å². The highest BCUT2D eigenvalue weighted by Gasteiger charge is 2.12. The molecule has 0 bridgehead atoms. The van der Waals surface area contributed by atoms with E-state index in [1.54, 1.807) is 6.92 Å². The highest BCUT2D eigenvalue weighted by atomic mass is 19.1. The van der Waals surface area contributed by atoms with Crippen molar-refractivity contribution in [1.29, 1.82) is 0 Å². The Morgan fingerprint density at radius 2 is 2.00 bits per heavy atom. The lowest BCUT2D eigenvalue weighted by Gasteiger charge is -2.15. The topological polar surface area (TPSA) is 0 Å². The van der Waals surface area contributed by atoms with Gasteiger partial charge in [-0.05, 0) is 73.4 Å². The Hall–Kier alpha value is -1.63. The van der Waals surface area contributed by atoms with Crippen molar-refractivity contribution < 1.29 is 4.39 Å². The lowest BCUT2D eigenvalue weighted by Crippen LogP contribution is -1.97. The van der Waals surface area contributed by atoms with Gasteiger partial charge in [-0.15, -0.1) is 0 Å². The number of hydrogen-bond donors (Lipinski definition) is 0. The van der Waals surface area contributed by atoms with Crippen LogP contribution in [0.25, 0.3) is 5.57 Å². The van der Waals surface area contributed by atoms with Gasteiger partial charge in [0.1, 0.15) is 6.17 Å². The molecule has 0 saturated carbocycles. The summed E-state index contributed by atoms with van der Waals surface area (Å²) in [6.07, 6.45) is 8.97. The number of aryl methyl sites for hydroxylation is 1. The van der Waals surface area contributed by atoms with Gasteiger partial charge in [-0.2, -0.15) is 0 Å². The Bertz CT molecular complexity index is 600. The molecule has 0 fully saturated rings. The number of halogens is 1. The summed E-state index contributed by atoms with van der Waals surface area (Å²) >= 11 is 0. The first-order chi connectivity index (χ1) is 10.0. The third-order valence-electron chi connectivity index (χ3n) is 4.19. The van der Waals surface area contributed by atoms with Crippen LogP contribution in [0.1, 0.15) is 63.4 Å². The molecular formula is C20H25F. The predicted molar refractivity (Wildman–Crippen MR) is 90.1 cm³/mol. The van der Waals surface area contributed by atoms with Crippen LogP contribution in [0.4, 0.5) is 4.39 Å². The second-order valence-electron chi connectivity index (χ2n) is 5.84. The molecule has 1 atom stereocenters. The van der Waals surface area contributed by atoms with Crippen LogP contribution in [-0.4, -0.2) is 0 Å². The molecule has 0 heterocycles. The molecule has 0 radical (unpaired) electrons. The highest BCUT2D eigenvalue weighted by Crippen LogP contribution is 2.30. The molecule has 0 aromatic heterocycles. The first-order valence-corrected chi connectivity index (χ1v) is 7.85. The SMILES string of the molecule is CCc1ccc(/C(C)=C/C2=CCCC=C2C)c(C(C)F)c1. The van der Waals surface area contributed by atoms with E-state index in [1.165, 1.54) is 16.7 Å². The van der Waals surface area contributed by atoms with Crippen molar-refractivity contribution in [3.05, 3.63) is 64.3 Å². The quantitative estimate of drug-likeness (QED) is 0.604. The zero-order valence-electron chi connectivity index (χ0n) is 13.5. The smallest absolute Gasteiger partial charge is 0.123 e. The van der Waals surface area contributed by atoms with Crippen LogP contribution >= 0.6 is 0 Å². The number of alkyl halides is 1. The minimum absolute atomic E-state index is 0.807. The normalized spacial score (nSPS) is 17.3. The third-order valence-corrected chi connectivity index (χ3v) is 4.19. The van der Waals surface area contributed by atoms with Crippen LogP contribution in [0.2, 0.25) is 0 Å². The summed E-state index contributed by atoms with van der Waals surface area (Å²) in [5, 5.41) is 0. The molecule has 2 rings (SSSR count). The standard InChI is InChI=1S/C20H25F/c1-5-17-10-11-19(20(13-17)16(4)21)15(3)12-18-9-7-6-8-14(18)2/h8-13,16H,5-7H2,1-4H3/b15-12+. The van der Waals surface area contributed by atoms with Gasteiger partial charge in [0.25, 0.3) is 0 Å². The van der Waals surface area contributed by atoms with Gasteiger partial charge in [-0.25, -0.2) is 4.39 Å². The van der Waals surface area contributed by atoms with Crippen molar-refractivity contribution in [2.24, 2.45) is 0 Å². The summed E-state index contributed by atoms with van der Waals surface area (Å²) in [5.74, 6) is 0. The number of allylic oxidation sites excluding steroid dienone is 6. The Kier molecular flexibility index (Phi) is 5.17. The molecule has 1 unspecified atom stereocenters. The lowest BCUT2D eigenvalue weighted by atomic mass is 9.91. The molecular weight excluding hydrogens is 259 g/mol. The average Bonchev–Trinajstić information content (AvgIpc) is 2.48. The van der Waals surface area contributed by atoms with Gasteiger partial charge in [0, 0.05) is 0 Å². The second-order valence-corrected chi connectivity index (χ2v) is 5.84. The van der Waals surface area contributed by atoms with Gasteiger partial charge in [0.15, 0.2) is 0 Å². The van der Waals surface area contributed by atoms with E-state index in [2.05, 4.69) is 51.1 Å². The second kappa shape index (κ2) is 6.89. The van der Waals surface area contributed by atoms with Crippen molar-refractivity contribution in [2.45, 2.75) is 53.1 Å². The van der Waals surface area contributed by atoms with Crippen molar-refractivity contribution in [1.82, 2.24) is 0 Å². The van der Waals surface area contributed by atoms with E-state index in [0.29, 0.717) is 0 Å². The average molecular weight is 284 g/mol. The zero-order valence-corrected chi connectivity index (χ0v) is 13.5. The summed E-state index contributed by atoms with van der Waals surface area (Å²) in [5.41, 5.74) is 6.76. The van der Waals surface area contributed by atoms with Gasteiger partial charge >= 0.3 is 0 Å². The predicted octanol–water partition coefficient (Wildman–Crippen LogP) is 6.35. The Morgan fingerprint density at radius 3 is 2.62 bits per heavy atom. The zero-order chi connectivity index (χ0) is 15.4. The van der Waals surface area contributed by atoms with E-state index in [0.717, 1.165) is 36.0 Å². The molecule has 0 aliphatic heterocycles. The van der Waals surface area contributed by atoms with Crippen LogP contribution in [-0.2, 0) is 6.42 Å². The molecule has 0 spiro atoms. The fraction of sp³-hybridized carbons (Fsp3) is 0.400. The maximum Gasteiger partial charge on any atom is 0.123 e. The minimum atomic E-state index is -0.938. The maximum atomic E-state index is 14.0. The third kappa shape index (κ3) is 3.72. The fourth-order valence-electron chi connectivity index (χ4n) is 2.82. The first-order valence-electron chi connectivity index (χ1n) is 7.85. The number of rotatable bonds is 4. The van der Waals surface area contributed by atoms with Crippen LogP contribution in [0.5, 0.6) is 0 Å². The van der Waals surface area contributed by atoms with Crippen molar-refractivity contribution in [3.8, 4) is 0 Å². The maximum absolute atomic E-state index is 14.0. The van der Waals surface area contributed by atoms with Crippen LogP contribution in [0.3, 0.4) is 0 Å². The molecule has 1 aliphatic carbocycles. The van der Waals surface area contributed by atoms with Crippen LogP contribution < -0.4 is 0 Å². The Balaban J connectivity index is 2.41. The number of hydrogen-bond acceptors (Lipinski definition) is 0. The molecule has 1 heteroatoms. The van der Waals surface area contributed by atoms with E-state index in [9.17, 15) is 4.39 Å². The summed E-state index contributed by atoms with van der Waals surface area (Å²) in [7, 11) is 0. The molecule has 1 aliphatic rings. The molecule has 112 valence electrons. The molecule has 1 aromatic carbocycles. The van der Waals surface area contributed by atoms with E-state index < -0.39 is 6.17 Å².